The molecule has 0 saturated carbocycles. The quantitative estimate of drug-likeness (QED) is 0.845. The number of hydrogen-bond donors (Lipinski definition) is 0. The lowest BCUT2D eigenvalue weighted by Crippen LogP contribution is -2.45. The van der Waals surface area contributed by atoms with E-state index in [0.29, 0.717) is 12.8 Å². The van der Waals surface area contributed by atoms with Crippen molar-refractivity contribution >= 4 is 27.5 Å². The molecule has 0 bridgehead atoms. The highest BCUT2D eigenvalue weighted by molar-refractivity contribution is 7.89. The van der Waals surface area contributed by atoms with Gasteiger partial charge in [0, 0.05) is 20.6 Å². The predicted molar refractivity (Wildman–Crippen MR) is 77.0 cm³/mol. The van der Waals surface area contributed by atoms with Crippen LogP contribution in [-0.2, 0) is 14.8 Å². The van der Waals surface area contributed by atoms with Gasteiger partial charge in [0.25, 0.3) is 0 Å². The first-order valence-electron chi connectivity index (χ1n) is 6.43. The van der Waals surface area contributed by atoms with Gasteiger partial charge in [0.1, 0.15) is 11.9 Å². The van der Waals surface area contributed by atoms with Crippen LogP contribution in [0.5, 0.6) is 0 Å². The Hall–Kier alpha value is -1.18. The summed E-state index contributed by atoms with van der Waals surface area (Å²) < 4.78 is 39.6. The largest absolute Gasteiger partial charge is 0.347 e. The van der Waals surface area contributed by atoms with Crippen molar-refractivity contribution in [3.8, 4) is 0 Å². The summed E-state index contributed by atoms with van der Waals surface area (Å²) in [5.41, 5.74) is 0. The topological polar surface area (TPSA) is 57.7 Å². The van der Waals surface area contributed by atoms with E-state index in [-0.39, 0.29) is 22.4 Å². The van der Waals surface area contributed by atoms with Gasteiger partial charge in [-0.3, -0.25) is 4.79 Å². The highest BCUT2D eigenvalue weighted by atomic mass is 35.5. The van der Waals surface area contributed by atoms with Crippen molar-refractivity contribution in [2.75, 3.05) is 20.6 Å². The minimum atomic E-state index is -3.87. The van der Waals surface area contributed by atoms with Crippen molar-refractivity contribution in [1.29, 1.82) is 0 Å². The minimum absolute atomic E-state index is 0.104. The second kappa shape index (κ2) is 5.90. The molecule has 5 nitrogen and oxygen atoms in total. The summed E-state index contributed by atoms with van der Waals surface area (Å²) in [6, 6.07) is 2.52. The second-order valence-electron chi connectivity index (χ2n) is 5.08. The van der Waals surface area contributed by atoms with Gasteiger partial charge >= 0.3 is 0 Å². The smallest absolute Gasteiger partial charge is 0.243 e. The summed E-state index contributed by atoms with van der Waals surface area (Å²) in [5.74, 6) is -0.942. The van der Waals surface area contributed by atoms with Crippen molar-refractivity contribution in [2.24, 2.45) is 0 Å². The molecule has 0 N–H and O–H groups in total. The van der Waals surface area contributed by atoms with E-state index < -0.39 is 21.9 Å². The van der Waals surface area contributed by atoms with Gasteiger partial charge in [-0.25, -0.2) is 12.8 Å². The molecule has 1 aromatic rings. The number of sulfonamides is 1. The van der Waals surface area contributed by atoms with Crippen molar-refractivity contribution < 1.29 is 17.6 Å². The number of hydrogen-bond acceptors (Lipinski definition) is 3. The summed E-state index contributed by atoms with van der Waals surface area (Å²) in [4.78, 5) is 13.4. The van der Waals surface area contributed by atoms with Crippen molar-refractivity contribution in [3.63, 3.8) is 0 Å². The summed E-state index contributed by atoms with van der Waals surface area (Å²) in [6.45, 7) is 0.265. The van der Waals surface area contributed by atoms with Crippen LogP contribution in [0.25, 0.3) is 0 Å². The molecule has 0 radical (unpaired) electrons. The van der Waals surface area contributed by atoms with E-state index in [1.807, 2.05) is 0 Å². The van der Waals surface area contributed by atoms with Crippen LogP contribution < -0.4 is 0 Å². The molecule has 116 valence electrons. The van der Waals surface area contributed by atoms with Crippen LogP contribution in [-0.4, -0.2) is 50.2 Å². The number of rotatable bonds is 3. The van der Waals surface area contributed by atoms with Crippen LogP contribution in [0.2, 0.25) is 5.02 Å². The predicted octanol–water partition coefficient (Wildman–Crippen LogP) is 1.72. The molecule has 0 unspecified atom stereocenters. The Bertz CT molecular complexity index is 663. The normalized spacial score (nSPS) is 19.7. The summed E-state index contributed by atoms with van der Waals surface area (Å²) in [7, 11) is -0.704. The fourth-order valence-electron chi connectivity index (χ4n) is 2.35. The highest BCUT2D eigenvalue weighted by Crippen LogP contribution is 2.28. The average Bonchev–Trinajstić information content (AvgIpc) is 2.90. The Morgan fingerprint density at radius 1 is 1.43 bits per heavy atom. The number of nitrogens with zero attached hydrogens (tertiary/aromatic N) is 2. The molecule has 1 aliphatic rings. The van der Waals surface area contributed by atoms with E-state index in [2.05, 4.69) is 0 Å². The van der Waals surface area contributed by atoms with Gasteiger partial charge in [-0.05, 0) is 31.0 Å². The third-order valence-corrected chi connectivity index (χ3v) is 5.62. The van der Waals surface area contributed by atoms with Crippen LogP contribution in [0, 0.1) is 5.82 Å². The van der Waals surface area contributed by atoms with Crippen molar-refractivity contribution in [1.82, 2.24) is 9.21 Å². The monoisotopic (exact) mass is 334 g/mol. The Morgan fingerprint density at radius 2 is 2.10 bits per heavy atom. The maximum absolute atomic E-state index is 13.2. The number of carbonyl (C=O) groups excluding carboxylic acids is 1. The Morgan fingerprint density at radius 3 is 2.67 bits per heavy atom. The van der Waals surface area contributed by atoms with Gasteiger partial charge in [-0.15, -0.1) is 0 Å². The third-order valence-electron chi connectivity index (χ3n) is 3.43. The van der Waals surface area contributed by atoms with Crippen LogP contribution in [0.4, 0.5) is 4.39 Å². The molecule has 1 fully saturated rings. The molecule has 1 saturated heterocycles. The molecule has 1 atom stereocenters. The van der Waals surface area contributed by atoms with Crippen LogP contribution in [0.1, 0.15) is 12.8 Å². The number of amides is 1. The maximum atomic E-state index is 13.2. The highest BCUT2D eigenvalue weighted by Gasteiger charge is 2.40. The Kier molecular flexibility index (Phi) is 4.55. The van der Waals surface area contributed by atoms with Crippen LogP contribution in [0.15, 0.2) is 23.1 Å². The number of benzene rings is 1. The lowest BCUT2D eigenvalue weighted by atomic mass is 10.2. The van der Waals surface area contributed by atoms with Crippen molar-refractivity contribution in [3.05, 3.63) is 29.0 Å². The fourth-order valence-corrected chi connectivity index (χ4v) is 4.27. The SMILES string of the molecule is CN(C)C(=O)[C@@H]1CCCN1S(=O)(=O)c1ccc(F)c(Cl)c1. The molecule has 1 heterocycles. The molecule has 1 aromatic carbocycles. The number of carbonyl (C=O) groups is 1. The first kappa shape index (κ1) is 16.2. The standard InChI is InChI=1S/C13H16ClFN2O3S/c1-16(2)13(18)12-4-3-7-17(12)21(19,20)9-5-6-11(15)10(14)8-9/h5-6,8,12H,3-4,7H2,1-2H3/t12-/m0/s1. The molecule has 21 heavy (non-hydrogen) atoms. The molecule has 0 aromatic heterocycles. The third kappa shape index (κ3) is 3.04. The number of likely N-dealkylation sites (N-methyl/N-ethyl adjacent to an activating group) is 1. The molecular formula is C13H16ClFN2O3S. The van der Waals surface area contributed by atoms with E-state index in [0.717, 1.165) is 18.2 Å². The lowest BCUT2D eigenvalue weighted by Gasteiger charge is -2.25. The number of halogens is 2. The first-order chi connectivity index (χ1) is 9.75. The molecule has 2 rings (SSSR count). The van der Waals surface area contributed by atoms with Gasteiger partial charge in [-0.2, -0.15) is 4.31 Å². The zero-order valence-corrected chi connectivity index (χ0v) is 13.3. The van der Waals surface area contributed by atoms with Crippen LogP contribution in [0.3, 0.4) is 0 Å². The van der Waals surface area contributed by atoms with E-state index in [1.54, 1.807) is 14.1 Å². The molecule has 0 aliphatic carbocycles. The lowest BCUT2D eigenvalue weighted by molar-refractivity contribution is -0.132. The zero-order valence-electron chi connectivity index (χ0n) is 11.7. The Labute approximate surface area is 128 Å². The van der Waals surface area contributed by atoms with Gasteiger partial charge < -0.3 is 4.90 Å². The summed E-state index contributed by atoms with van der Waals surface area (Å²) in [5, 5.41) is -0.259. The van der Waals surface area contributed by atoms with E-state index in [1.165, 1.54) is 9.21 Å². The van der Waals surface area contributed by atoms with Crippen LogP contribution >= 0.6 is 11.6 Å². The summed E-state index contributed by atoms with van der Waals surface area (Å²) in [6.07, 6.45) is 1.09. The second-order valence-corrected chi connectivity index (χ2v) is 7.38. The Balaban J connectivity index is 2.38. The fraction of sp³-hybridized carbons (Fsp3) is 0.462. The first-order valence-corrected chi connectivity index (χ1v) is 8.25. The van der Waals surface area contributed by atoms with Crippen molar-refractivity contribution in [2.45, 2.75) is 23.8 Å². The summed E-state index contributed by atoms with van der Waals surface area (Å²) >= 11 is 5.64. The average molecular weight is 335 g/mol. The van der Waals surface area contributed by atoms with E-state index >= 15 is 0 Å². The molecule has 1 amide bonds. The zero-order chi connectivity index (χ0) is 15.8. The minimum Gasteiger partial charge on any atom is -0.347 e. The van der Waals surface area contributed by atoms with E-state index in [4.69, 9.17) is 11.6 Å². The van der Waals surface area contributed by atoms with Gasteiger partial charge in [0.05, 0.1) is 9.92 Å². The van der Waals surface area contributed by atoms with E-state index in [9.17, 15) is 17.6 Å². The maximum Gasteiger partial charge on any atom is 0.243 e. The molecule has 0 spiro atoms. The van der Waals surface area contributed by atoms with Gasteiger partial charge in [0.15, 0.2) is 0 Å². The molecule has 1 aliphatic heterocycles. The molecular weight excluding hydrogens is 319 g/mol. The van der Waals surface area contributed by atoms with Gasteiger partial charge in [-0.1, -0.05) is 11.6 Å². The van der Waals surface area contributed by atoms with Gasteiger partial charge in [0.2, 0.25) is 15.9 Å². The molecule has 8 heteroatoms.